The third kappa shape index (κ3) is 8.49. The number of rotatable bonds is 5. The van der Waals surface area contributed by atoms with Gasteiger partial charge in [-0.1, -0.05) is 0 Å². The molecule has 0 spiro atoms. The first kappa shape index (κ1) is 45.6. The van der Waals surface area contributed by atoms with Crippen LogP contribution in [0.1, 0.15) is 59.3 Å². The van der Waals surface area contributed by atoms with Gasteiger partial charge in [0.15, 0.2) is 11.6 Å². The molecule has 0 atom stereocenters. The smallest absolute Gasteiger partial charge is 0.292 e. The Bertz CT molecular complexity index is 2710. The van der Waals surface area contributed by atoms with E-state index >= 15 is 0 Å². The SMILES string of the molecule is CC(C)Nc1c(N)c(=O)n2n1CCC2.CCNc1c(N)c(=O)n2n1CCC2.Cn1c(N)c(N)c(=O)n1C.Nc1c(N)n2n(c1=O)CCC2.Nc1c(N2CCCC2)n2n(c1=O)CCC2. The fourth-order valence-electron chi connectivity index (χ4n) is 8.55. The molecule has 25 heteroatoms. The highest BCUT2D eigenvalue weighted by Crippen LogP contribution is 2.28. The summed E-state index contributed by atoms with van der Waals surface area (Å²) in [5.41, 5.74) is 40.0. The Morgan fingerprint density at radius 1 is 0.444 bits per heavy atom. The van der Waals surface area contributed by atoms with Gasteiger partial charge >= 0.3 is 0 Å². The Hall–Kier alpha value is -6.95. The van der Waals surface area contributed by atoms with Crippen molar-refractivity contribution in [3.8, 4) is 0 Å². The number of fused-ring (bicyclic) bond motifs is 4. The maximum atomic E-state index is 11.8. The molecular formula is C38H66N20O5. The first-order valence-electron chi connectivity index (χ1n) is 21.6. The van der Waals surface area contributed by atoms with Crippen LogP contribution in [-0.2, 0) is 66.5 Å². The third-order valence-electron chi connectivity index (χ3n) is 11.8. The molecule has 5 aromatic heterocycles. The topological polar surface area (TPSA) is 344 Å². The molecule has 0 saturated carbocycles. The first-order valence-corrected chi connectivity index (χ1v) is 21.6. The van der Waals surface area contributed by atoms with Crippen molar-refractivity contribution in [2.24, 2.45) is 14.1 Å². The second kappa shape index (κ2) is 18.6. The molecule has 0 aliphatic carbocycles. The lowest BCUT2D eigenvalue weighted by atomic mass is 10.3. The fraction of sp³-hybridized carbons (Fsp3) is 0.605. The van der Waals surface area contributed by atoms with E-state index in [-0.39, 0.29) is 45.2 Å². The average molecular weight is 883 g/mol. The predicted octanol–water partition coefficient (Wildman–Crippen LogP) is -1.13. The van der Waals surface area contributed by atoms with Gasteiger partial charge in [-0.2, -0.15) is 0 Å². The molecular weight excluding hydrogens is 817 g/mol. The summed E-state index contributed by atoms with van der Waals surface area (Å²) in [6.45, 7) is 15.5. The van der Waals surface area contributed by atoms with Crippen LogP contribution in [0.2, 0.25) is 0 Å². The minimum Gasteiger partial charge on any atom is -0.391 e. The van der Waals surface area contributed by atoms with Crippen molar-refractivity contribution < 1.29 is 0 Å². The molecule has 16 N–H and O–H groups in total. The number of hydrogen-bond donors (Lipinski definition) is 9. The van der Waals surface area contributed by atoms with E-state index in [1.54, 1.807) is 37.5 Å². The summed E-state index contributed by atoms with van der Waals surface area (Å²) in [5.74, 6) is 3.25. The van der Waals surface area contributed by atoms with Crippen LogP contribution >= 0.6 is 0 Å². The minimum absolute atomic E-state index is 0.00519. The lowest BCUT2D eigenvalue weighted by molar-refractivity contribution is 0.586. The molecule has 5 aliphatic heterocycles. The number of nitrogen functional groups attached to an aromatic ring is 7. The zero-order valence-electron chi connectivity index (χ0n) is 37.1. The molecule has 348 valence electrons. The molecule has 0 unspecified atom stereocenters. The second-order valence-corrected chi connectivity index (χ2v) is 16.4. The predicted molar refractivity (Wildman–Crippen MR) is 249 cm³/mol. The molecule has 63 heavy (non-hydrogen) atoms. The summed E-state index contributed by atoms with van der Waals surface area (Å²) in [7, 11) is 3.28. The Balaban J connectivity index is 0.000000132. The Morgan fingerprint density at radius 2 is 0.841 bits per heavy atom. The van der Waals surface area contributed by atoms with Crippen molar-refractivity contribution in [2.75, 3.05) is 75.3 Å². The largest absolute Gasteiger partial charge is 0.391 e. The van der Waals surface area contributed by atoms with Gasteiger partial charge in [-0.3, -0.25) is 52.1 Å². The second-order valence-electron chi connectivity index (χ2n) is 16.4. The van der Waals surface area contributed by atoms with Gasteiger partial charge in [0.05, 0.1) is 0 Å². The standard InChI is InChI=1S/C10H16N4O.C9H16N4O.C8H14N4O.C6H10N4O.C5H10N4O/c11-8-9(12-4-1-2-5-12)13-6-3-7-14(13)10(8)15;1-6(2)11-8-7(10)9(14)13-5-3-4-12(8)13;1-2-10-7-6(9)8(13)12-5-3-4-11(7)12;7-4-5(8)9-2-1-3-10(9)6(4)11;1-8-4(7)3(6)5(10)9(8)2/h1-7,11H2;6,11H,3-5,10H2,1-2H3;10H,2-5,9H2,1H3;1-3,7-8H2;6-7H2,1-2H3. The van der Waals surface area contributed by atoms with Crippen LogP contribution in [0.15, 0.2) is 24.0 Å². The molecule has 0 aromatic carbocycles. The molecule has 0 radical (unpaired) electrons. The quantitative estimate of drug-likeness (QED) is 0.101. The summed E-state index contributed by atoms with van der Waals surface area (Å²) in [5, 5.41) is 6.33. The molecule has 25 nitrogen and oxygen atoms in total. The highest BCUT2D eigenvalue weighted by Gasteiger charge is 2.27. The van der Waals surface area contributed by atoms with Gasteiger partial charge in [0.25, 0.3) is 27.8 Å². The van der Waals surface area contributed by atoms with Gasteiger partial charge in [-0.15, -0.1) is 0 Å². The van der Waals surface area contributed by atoms with Gasteiger partial charge < -0.3 is 55.7 Å². The summed E-state index contributed by atoms with van der Waals surface area (Å²) in [6.07, 6.45) is 6.48. The number of aromatic nitrogens is 10. The number of nitrogens with zero attached hydrogens (tertiary/aromatic N) is 11. The zero-order valence-corrected chi connectivity index (χ0v) is 37.1. The molecule has 0 amide bonds. The summed E-state index contributed by atoms with van der Waals surface area (Å²) in [6, 6.07) is 0.289. The van der Waals surface area contributed by atoms with E-state index in [0.717, 1.165) is 115 Å². The number of nitrogens with one attached hydrogen (secondary N) is 2. The minimum atomic E-state index is -0.250. The normalized spacial score (nSPS) is 15.3. The molecule has 0 bridgehead atoms. The van der Waals surface area contributed by atoms with Crippen LogP contribution in [-0.4, -0.2) is 72.5 Å². The van der Waals surface area contributed by atoms with E-state index in [1.165, 1.54) is 22.2 Å². The maximum absolute atomic E-state index is 11.8. The van der Waals surface area contributed by atoms with Crippen LogP contribution in [0.4, 0.5) is 57.5 Å². The van der Waals surface area contributed by atoms with Gasteiger partial charge in [-0.05, 0) is 59.3 Å². The molecule has 5 aliphatic rings. The van der Waals surface area contributed by atoms with E-state index in [4.69, 9.17) is 40.1 Å². The van der Waals surface area contributed by atoms with Crippen molar-refractivity contribution in [3.63, 3.8) is 0 Å². The van der Waals surface area contributed by atoms with Crippen molar-refractivity contribution in [2.45, 2.75) is 118 Å². The van der Waals surface area contributed by atoms with Crippen molar-refractivity contribution in [1.82, 2.24) is 46.8 Å². The van der Waals surface area contributed by atoms with Crippen molar-refractivity contribution >= 4 is 57.5 Å². The third-order valence-corrected chi connectivity index (χ3v) is 11.8. The molecule has 10 rings (SSSR count). The summed E-state index contributed by atoms with van der Waals surface area (Å²) >= 11 is 0. The highest BCUT2D eigenvalue weighted by atomic mass is 16.2. The van der Waals surface area contributed by atoms with E-state index in [0.29, 0.717) is 28.7 Å². The Kier molecular flexibility index (Phi) is 13.4. The van der Waals surface area contributed by atoms with Crippen LogP contribution < -0.4 is 83.5 Å². The number of nitrogens with two attached hydrogens (primary N) is 7. The lowest BCUT2D eigenvalue weighted by Gasteiger charge is -2.19. The lowest BCUT2D eigenvalue weighted by Crippen LogP contribution is -2.22. The van der Waals surface area contributed by atoms with Crippen LogP contribution in [0.25, 0.3) is 0 Å². The van der Waals surface area contributed by atoms with Gasteiger partial charge in [0, 0.05) is 92.1 Å². The van der Waals surface area contributed by atoms with Gasteiger partial charge in [-0.25, -0.2) is 18.7 Å². The number of anilines is 10. The fourth-order valence-corrected chi connectivity index (χ4v) is 8.55. The Labute approximate surface area is 362 Å². The molecule has 10 heterocycles. The Morgan fingerprint density at radius 3 is 1.29 bits per heavy atom. The maximum Gasteiger partial charge on any atom is 0.292 e. The van der Waals surface area contributed by atoms with E-state index < -0.39 is 0 Å². The molecule has 5 aromatic rings. The van der Waals surface area contributed by atoms with Crippen LogP contribution in [0, 0.1) is 0 Å². The van der Waals surface area contributed by atoms with Crippen molar-refractivity contribution in [3.05, 3.63) is 51.8 Å². The summed E-state index contributed by atoms with van der Waals surface area (Å²) in [4.78, 5) is 59.4. The monoisotopic (exact) mass is 883 g/mol. The summed E-state index contributed by atoms with van der Waals surface area (Å²) < 4.78 is 17.3. The number of hydrogen-bond acceptors (Lipinski definition) is 15. The van der Waals surface area contributed by atoms with Crippen LogP contribution in [0.3, 0.4) is 0 Å². The first-order chi connectivity index (χ1) is 29.9. The molecule has 1 saturated heterocycles. The van der Waals surface area contributed by atoms with Gasteiger partial charge in [0.2, 0.25) is 0 Å². The average Bonchev–Trinajstić information content (AvgIpc) is 4.14. The van der Waals surface area contributed by atoms with E-state index in [9.17, 15) is 24.0 Å². The highest BCUT2D eigenvalue weighted by molar-refractivity contribution is 5.64. The zero-order chi connectivity index (χ0) is 46.0. The van der Waals surface area contributed by atoms with Gasteiger partial charge in [0.1, 0.15) is 45.9 Å². The molecule has 1 fully saturated rings. The van der Waals surface area contributed by atoms with Crippen LogP contribution in [0.5, 0.6) is 0 Å². The van der Waals surface area contributed by atoms with Crippen molar-refractivity contribution in [1.29, 1.82) is 0 Å². The van der Waals surface area contributed by atoms with E-state index in [1.807, 2.05) is 30.1 Å². The van der Waals surface area contributed by atoms with E-state index in [2.05, 4.69) is 20.2 Å².